The number of hydrogen-bond donors (Lipinski definition) is 0. The fourth-order valence-electron chi connectivity index (χ4n) is 1.55. The summed E-state index contributed by atoms with van der Waals surface area (Å²) in [4.78, 5) is 1.92. The van der Waals surface area contributed by atoms with Crippen LogP contribution in [-0.2, 0) is 0 Å². The van der Waals surface area contributed by atoms with Gasteiger partial charge in [-0.3, -0.25) is 0 Å². The Bertz CT molecular complexity index is 443. The molecule has 0 aromatic heterocycles. The van der Waals surface area contributed by atoms with E-state index < -0.39 is 0 Å². The zero-order valence-corrected chi connectivity index (χ0v) is 6.88. The lowest BCUT2D eigenvalue weighted by Gasteiger charge is -2.11. The van der Waals surface area contributed by atoms with Crippen LogP contribution in [0.25, 0.3) is 6.08 Å². The van der Waals surface area contributed by atoms with E-state index in [-0.39, 0.29) is 0 Å². The third kappa shape index (κ3) is 0.839. The van der Waals surface area contributed by atoms with E-state index in [2.05, 4.69) is 28.4 Å². The Kier molecular flexibility index (Phi) is 1.16. The lowest BCUT2D eigenvalue weighted by Crippen LogP contribution is -2.24. The van der Waals surface area contributed by atoms with Gasteiger partial charge >= 0.3 is 6.34 Å². The molecule has 1 radical (unpaired) electrons. The van der Waals surface area contributed by atoms with Crippen LogP contribution in [0, 0.1) is 0 Å². The third-order valence-corrected chi connectivity index (χ3v) is 2.19. The highest BCUT2D eigenvalue weighted by Gasteiger charge is 2.28. The molecule has 2 aliphatic rings. The summed E-state index contributed by atoms with van der Waals surface area (Å²) in [6.07, 6.45) is 5.74. The van der Waals surface area contributed by atoms with Crippen LogP contribution in [0.15, 0.2) is 35.6 Å². The highest BCUT2D eigenvalue weighted by Crippen LogP contribution is 2.19. The second-order valence-electron chi connectivity index (χ2n) is 2.96. The lowest BCUT2D eigenvalue weighted by atomic mass is 10.0. The molecule has 0 saturated carbocycles. The van der Waals surface area contributed by atoms with Gasteiger partial charge in [0.25, 0.3) is 5.84 Å². The van der Waals surface area contributed by atoms with E-state index >= 15 is 0 Å². The van der Waals surface area contributed by atoms with Crippen molar-refractivity contribution < 1.29 is 0 Å². The average Bonchev–Trinajstić information content (AvgIpc) is 2.65. The van der Waals surface area contributed by atoms with Gasteiger partial charge in [0.15, 0.2) is 0 Å². The molecule has 0 N–H and O–H groups in total. The second kappa shape index (κ2) is 2.29. The maximum Gasteiger partial charge on any atom is 0.321 e. The van der Waals surface area contributed by atoms with Crippen LogP contribution in [0.1, 0.15) is 11.1 Å². The largest absolute Gasteiger partial charge is 0.321 e. The minimum absolute atomic E-state index is 0.915. The number of benzene rings is 1. The zero-order chi connectivity index (χ0) is 8.67. The number of amidine groups is 1. The van der Waals surface area contributed by atoms with Gasteiger partial charge < -0.3 is 0 Å². The highest BCUT2D eigenvalue weighted by atomic mass is 15.4. The van der Waals surface area contributed by atoms with Crippen molar-refractivity contribution in [3.05, 3.63) is 41.6 Å². The first-order valence-corrected chi connectivity index (χ1v) is 4.12. The van der Waals surface area contributed by atoms with E-state index in [1.807, 2.05) is 23.2 Å². The Morgan fingerprint density at radius 3 is 3.15 bits per heavy atom. The minimum atomic E-state index is 0.915. The first-order valence-electron chi connectivity index (χ1n) is 4.12. The molecule has 61 valence electrons. The molecule has 13 heavy (non-hydrogen) atoms. The topological polar surface area (TPSA) is 29.7 Å². The van der Waals surface area contributed by atoms with E-state index in [1.165, 1.54) is 5.56 Å². The summed E-state index contributed by atoms with van der Waals surface area (Å²) >= 11 is 0. The fourth-order valence-corrected chi connectivity index (χ4v) is 1.55. The first-order chi connectivity index (χ1) is 6.45. The van der Waals surface area contributed by atoms with Crippen LogP contribution in [0.3, 0.4) is 0 Å². The Morgan fingerprint density at radius 1 is 1.23 bits per heavy atom. The van der Waals surface area contributed by atoms with Gasteiger partial charge in [-0.05, 0) is 17.7 Å². The Labute approximate surface area is 75.7 Å². The zero-order valence-electron chi connectivity index (χ0n) is 6.88. The van der Waals surface area contributed by atoms with Gasteiger partial charge in [-0.25, -0.2) is 0 Å². The second-order valence-corrected chi connectivity index (χ2v) is 2.96. The standard InChI is InChI=1S/C10H7N3/c1-2-4-9-8(3-1)5-6-13-7-11-12-10(9)13/h1-7H/q+1. The van der Waals surface area contributed by atoms with Gasteiger partial charge in [0.05, 0.1) is 16.9 Å². The summed E-state index contributed by atoms with van der Waals surface area (Å²) in [5.41, 5.74) is 2.34. The molecule has 0 bridgehead atoms. The molecule has 3 heteroatoms. The van der Waals surface area contributed by atoms with E-state index in [1.54, 1.807) is 6.34 Å². The number of nitrogens with zero attached hydrogens (tertiary/aromatic N) is 3. The monoisotopic (exact) mass is 169 g/mol. The highest BCUT2D eigenvalue weighted by molar-refractivity contribution is 6.10. The minimum Gasteiger partial charge on any atom is -0.180 e. The van der Waals surface area contributed by atoms with E-state index in [4.69, 9.17) is 0 Å². The summed E-state index contributed by atoms with van der Waals surface area (Å²) in [5, 5.41) is 7.92. The molecular weight excluding hydrogens is 162 g/mol. The number of hydrogen-bond acceptors (Lipinski definition) is 3. The van der Waals surface area contributed by atoms with Crippen molar-refractivity contribution >= 4 is 18.3 Å². The van der Waals surface area contributed by atoms with E-state index in [0.29, 0.717) is 0 Å². The predicted octanol–water partition coefficient (Wildman–Crippen LogP) is 1.01. The molecule has 0 spiro atoms. The summed E-state index contributed by atoms with van der Waals surface area (Å²) in [6, 6.07) is 8.16. The van der Waals surface area contributed by atoms with E-state index in [9.17, 15) is 0 Å². The summed E-state index contributed by atoms with van der Waals surface area (Å²) in [7, 11) is 0. The van der Waals surface area contributed by atoms with Crippen LogP contribution < -0.4 is 5.10 Å². The molecule has 3 rings (SSSR count). The Balaban J connectivity index is 2.25. The summed E-state index contributed by atoms with van der Waals surface area (Å²) in [6.45, 7) is 0. The van der Waals surface area contributed by atoms with Crippen LogP contribution >= 0.6 is 0 Å². The molecule has 3 nitrogen and oxygen atoms in total. The van der Waals surface area contributed by atoms with Gasteiger partial charge in [-0.1, -0.05) is 18.2 Å². The van der Waals surface area contributed by atoms with Crippen molar-refractivity contribution in [1.29, 1.82) is 0 Å². The smallest absolute Gasteiger partial charge is 0.180 e. The normalized spacial score (nSPS) is 16.9. The Morgan fingerprint density at radius 2 is 2.15 bits per heavy atom. The van der Waals surface area contributed by atoms with Crippen LogP contribution in [0.5, 0.6) is 0 Å². The van der Waals surface area contributed by atoms with Crippen molar-refractivity contribution in [2.45, 2.75) is 0 Å². The Hall–Kier alpha value is -1.90. The van der Waals surface area contributed by atoms with Crippen molar-refractivity contribution in [3.63, 3.8) is 0 Å². The van der Waals surface area contributed by atoms with Crippen LogP contribution in [0.2, 0.25) is 0 Å². The number of rotatable bonds is 0. The average molecular weight is 169 g/mol. The summed E-state index contributed by atoms with van der Waals surface area (Å²) < 4.78 is 0. The molecule has 0 aliphatic carbocycles. The molecule has 2 heterocycles. The molecule has 2 aliphatic heterocycles. The lowest BCUT2D eigenvalue weighted by molar-refractivity contribution is 0.877. The molecule has 0 unspecified atom stereocenters. The van der Waals surface area contributed by atoms with Crippen molar-refractivity contribution in [2.24, 2.45) is 5.10 Å². The molecule has 1 aromatic rings. The molecule has 0 atom stereocenters. The molecule has 0 amide bonds. The molecule has 0 fully saturated rings. The summed E-state index contributed by atoms with van der Waals surface area (Å²) in [5.74, 6) is 0.915. The van der Waals surface area contributed by atoms with E-state index in [0.717, 1.165) is 11.4 Å². The van der Waals surface area contributed by atoms with Gasteiger partial charge in [-0.15, -0.1) is 0 Å². The number of fused-ring (bicyclic) bond motifs is 3. The van der Waals surface area contributed by atoms with Crippen molar-refractivity contribution in [3.8, 4) is 0 Å². The van der Waals surface area contributed by atoms with Gasteiger partial charge in [0.2, 0.25) is 0 Å². The molecular formula is C10H7N3+. The van der Waals surface area contributed by atoms with Gasteiger partial charge in [0, 0.05) is 5.10 Å². The predicted molar refractivity (Wildman–Crippen MR) is 52.1 cm³/mol. The van der Waals surface area contributed by atoms with Crippen LogP contribution in [0.4, 0.5) is 0 Å². The maximum absolute atomic E-state index is 4.06. The van der Waals surface area contributed by atoms with Gasteiger partial charge in [-0.2, -0.15) is 4.90 Å². The maximum atomic E-state index is 4.06. The van der Waals surface area contributed by atoms with Crippen molar-refractivity contribution in [1.82, 2.24) is 10.0 Å². The molecule has 0 saturated heterocycles. The van der Waals surface area contributed by atoms with Crippen LogP contribution in [-0.4, -0.2) is 17.1 Å². The first kappa shape index (κ1) is 6.60. The molecule has 1 aromatic carbocycles. The SMILES string of the molecule is C1=CN2C=[N+]N=C2c2ccccc21. The van der Waals surface area contributed by atoms with Gasteiger partial charge in [0.1, 0.15) is 0 Å². The van der Waals surface area contributed by atoms with Crippen molar-refractivity contribution in [2.75, 3.05) is 0 Å². The fraction of sp³-hybridized carbons (Fsp3) is 0. The third-order valence-electron chi connectivity index (χ3n) is 2.19. The quantitative estimate of drug-likeness (QED) is 0.570.